The third-order valence-corrected chi connectivity index (χ3v) is 11.0. The SMILES string of the molecule is C[N+]1=C2N(CCCc3cc(C(C)(C)C)cc(C=NC(C)(C)C(C)(C)N=Cc4cc(C(C)(C)C)cc(C(C)(C)C)c4O)c3O)CCCN2CCC1.O=C(O)O.[Co]. The predicted octanol–water partition coefficient (Wildman–Crippen LogP) is 8.65. The Morgan fingerprint density at radius 1 is 0.727 bits per heavy atom. The average molecular weight is 808 g/mol. The Kier molecular flexibility index (Phi) is 15.7. The van der Waals surface area contributed by atoms with Crippen LogP contribution in [0.5, 0.6) is 11.5 Å². The zero-order valence-corrected chi connectivity index (χ0v) is 37.1. The van der Waals surface area contributed by atoms with Crippen LogP contribution in [0.3, 0.4) is 0 Å². The number of hydrogen-bond donors (Lipinski definition) is 4. The van der Waals surface area contributed by atoms with Crippen LogP contribution < -0.4 is 0 Å². The summed E-state index contributed by atoms with van der Waals surface area (Å²) in [7, 11) is 2.22. The first kappa shape index (κ1) is 47.6. The minimum Gasteiger partial charge on any atom is -0.507 e. The van der Waals surface area contributed by atoms with Crippen LogP contribution in [0.1, 0.15) is 143 Å². The van der Waals surface area contributed by atoms with E-state index in [0.29, 0.717) is 5.75 Å². The van der Waals surface area contributed by atoms with Crippen LogP contribution in [0, 0.1) is 0 Å². The molecule has 2 aliphatic rings. The third kappa shape index (κ3) is 12.5. The zero-order valence-electron chi connectivity index (χ0n) is 36.1. The molecule has 0 saturated carbocycles. The largest absolute Gasteiger partial charge is 0.507 e. The fourth-order valence-electron chi connectivity index (χ4n) is 6.80. The monoisotopic (exact) mass is 807 g/mol. The molecule has 10 nitrogen and oxygen atoms in total. The molecule has 0 bridgehead atoms. The normalized spacial score (nSPS) is 15.9. The number of aliphatic imine (C=N–C) groups is 2. The van der Waals surface area contributed by atoms with Gasteiger partial charge in [-0.15, -0.1) is 0 Å². The van der Waals surface area contributed by atoms with E-state index >= 15 is 0 Å². The van der Waals surface area contributed by atoms with Crippen LogP contribution in [0.2, 0.25) is 0 Å². The molecule has 0 amide bonds. The maximum atomic E-state index is 11.6. The molecule has 2 heterocycles. The number of rotatable bonds is 9. The van der Waals surface area contributed by atoms with E-state index in [1.165, 1.54) is 29.9 Å². The Labute approximate surface area is 341 Å². The Hall–Kier alpha value is -3.57. The number of aryl methyl sites for hydroxylation is 1. The maximum Gasteiger partial charge on any atom is 0.503 e. The third-order valence-electron chi connectivity index (χ3n) is 11.0. The summed E-state index contributed by atoms with van der Waals surface area (Å²) in [5.41, 5.74) is 4.15. The molecular weight excluding hydrogens is 737 g/mol. The fourth-order valence-corrected chi connectivity index (χ4v) is 6.80. The molecule has 309 valence electrons. The molecule has 0 aromatic heterocycles. The molecule has 2 aromatic rings. The Morgan fingerprint density at radius 2 is 1.20 bits per heavy atom. The van der Waals surface area contributed by atoms with Gasteiger partial charge in [0.1, 0.15) is 11.5 Å². The summed E-state index contributed by atoms with van der Waals surface area (Å²) in [5.74, 6) is 1.98. The first-order valence-corrected chi connectivity index (χ1v) is 19.5. The number of nitrogens with zero attached hydrogens (tertiary/aromatic N) is 5. The minimum atomic E-state index is -1.83. The van der Waals surface area contributed by atoms with Crippen molar-refractivity contribution in [1.29, 1.82) is 0 Å². The topological polar surface area (TPSA) is 132 Å². The van der Waals surface area contributed by atoms with Gasteiger partial charge in [0.05, 0.1) is 50.8 Å². The van der Waals surface area contributed by atoms with Gasteiger partial charge in [-0.2, -0.15) is 0 Å². The first-order valence-electron chi connectivity index (χ1n) is 19.5. The fraction of sp³-hybridized carbons (Fsp3) is 0.636. The van der Waals surface area contributed by atoms with Crippen molar-refractivity contribution < 1.29 is 46.6 Å². The van der Waals surface area contributed by atoms with Crippen LogP contribution in [0.25, 0.3) is 0 Å². The maximum absolute atomic E-state index is 11.6. The van der Waals surface area contributed by atoms with E-state index in [0.717, 1.165) is 67.8 Å². The second kappa shape index (κ2) is 18.1. The van der Waals surface area contributed by atoms with Crippen LogP contribution in [0.4, 0.5) is 4.79 Å². The van der Waals surface area contributed by atoms with Crippen molar-refractivity contribution in [3.63, 3.8) is 0 Å². The number of phenolic OH excluding ortho intramolecular Hbond substituents is 2. The molecule has 55 heavy (non-hydrogen) atoms. The molecule has 0 aliphatic carbocycles. The summed E-state index contributed by atoms with van der Waals surface area (Å²) in [6.07, 6.45) is 6.02. The number of carbonyl (C=O) groups is 1. The van der Waals surface area contributed by atoms with E-state index in [1.807, 2.05) is 12.4 Å². The van der Waals surface area contributed by atoms with Gasteiger partial charge >= 0.3 is 12.1 Å². The molecule has 11 heteroatoms. The van der Waals surface area contributed by atoms with Crippen molar-refractivity contribution in [2.75, 3.05) is 39.8 Å². The van der Waals surface area contributed by atoms with Crippen molar-refractivity contribution in [2.45, 2.75) is 143 Å². The second-order valence-corrected chi connectivity index (χ2v) is 19.2. The van der Waals surface area contributed by atoms with E-state index in [1.54, 1.807) is 0 Å². The van der Waals surface area contributed by atoms with Gasteiger partial charge in [-0.3, -0.25) is 24.4 Å². The summed E-state index contributed by atoms with van der Waals surface area (Å²) in [6, 6.07) is 8.48. The van der Waals surface area contributed by atoms with Gasteiger partial charge in [0, 0.05) is 58.7 Å². The van der Waals surface area contributed by atoms with E-state index in [-0.39, 0.29) is 38.8 Å². The Morgan fingerprint density at radius 3 is 1.69 bits per heavy atom. The van der Waals surface area contributed by atoms with Gasteiger partial charge < -0.3 is 20.4 Å². The molecule has 4 rings (SSSR count). The second-order valence-electron chi connectivity index (χ2n) is 19.2. The van der Waals surface area contributed by atoms with Crippen molar-refractivity contribution >= 4 is 24.5 Å². The Bertz CT molecular complexity index is 1740. The number of benzene rings is 2. The van der Waals surface area contributed by atoms with Crippen molar-refractivity contribution in [3.05, 3.63) is 57.6 Å². The molecule has 0 atom stereocenters. The number of guanidine groups is 1. The molecule has 2 aromatic carbocycles. The number of fused-ring (bicyclic) bond motifs is 1. The number of aromatic hydroxyl groups is 2. The average Bonchev–Trinajstić information content (AvgIpc) is 3.02. The molecule has 2 aliphatic heterocycles. The number of carboxylic acid groups (broad SMARTS) is 2. The predicted molar refractivity (Wildman–Crippen MR) is 223 cm³/mol. The van der Waals surface area contributed by atoms with Crippen LogP contribution in [0.15, 0.2) is 34.3 Å². The number of hydrogen-bond acceptors (Lipinski definition) is 7. The molecule has 1 fully saturated rings. The molecule has 4 N–H and O–H groups in total. The number of phenols is 2. The first-order chi connectivity index (χ1) is 24.7. The van der Waals surface area contributed by atoms with E-state index in [9.17, 15) is 10.2 Å². The van der Waals surface area contributed by atoms with Gasteiger partial charge in [0.25, 0.3) is 0 Å². The quantitative estimate of drug-likeness (QED) is 0.147. The summed E-state index contributed by atoms with van der Waals surface area (Å²) < 4.78 is 2.41. The molecule has 1 saturated heterocycles. The van der Waals surface area contributed by atoms with Crippen molar-refractivity contribution in [3.8, 4) is 11.5 Å². The molecule has 1 radical (unpaired) electrons. The van der Waals surface area contributed by atoms with Gasteiger partial charge in [0.2, 0.25) is 0 Å². The zero-order chi connectivity index (χ0) is 41.0. The summed E-state index contributed by atoms with van der Waals surface area (Å²) in [5, 5.41) is 36.9. The summed E-state index contributed by atoms with van der Waals surface area (Å²) in [4.78, 5) is 23.8. The van der Waals surface area contributed by atoms with Gasteiger partial charge in [-0.1, -0.05) is 74.4 Å². The molecule has 0 spiro atoms. The van der Waals surface area contributed by atoms with Gasteiger partial charge in [-0.05, 0) is 85.6 Å². The van der Waals surface area contributed by atoms with Gasteiger partial charge in [-0.25, -0.2) is 4.79 Å². The van der Waals surface area contributed by atoms with Crippen molar-refractivity contribution in [1.82, 2.24) is 9.80 Å². The van der Waals surface area contributed by atoms with Crippen molar-refractivity contribution in [2.24, 2.45) is 9.98 Å². The van der Waals surface area contributed by atoms with Crippen LogP contribution in [-0.4, -0.2) is 110 Å². The minimum absolute atomic E-state index is 0. The molecular formula is C44H70CoN5O5+. The summed E-state index contributed by atoms with van der Waals surface area (Å²) >= 11 is 0. The molecule has 0 unspecified atom stereocenters. The van der Waals surface area contributed by atoms with E-state index < -0.39 is 17.2 Å². The smallest absolute Gasteiger partial charge is 0.503 e. The van der Waals surface area contributed by atoms with Crippen LogP contribution in [-0.2, 0) is 39.4 Å². The Balaban J connectivity index is 0.00000199. The van der Waals surface area contributed by atoms with E-state index in [2.05, 4.69) is 136 Å². The summed E-state index contributed by atoms with van der Waals surface area (Å²) in [6.45, 7) is 33.4. The van der Waals surface area contributed by atoms with Gasteiger partial charge in [0.15, 0.2) is 0 Å². The standard InChI is InChI=1S/C43H67N5O2.CH2O3.Co/c1-39(2,3)33-24-30(18-15-20-47-22-17-23-48-21-16-19-46(14)38(47)48)36(49)31(25-33)28-44-42(10,11)43(12,13)45-29-32-26-34(40(4,5)6)27-35(37(32)50)41(7,8)9;2-1(3)4;/h24-29H,15-23H2,1-14H3,(H-,44,45,49,50);(H2,2,3,4);/p+1. The van der Waals surface area contributed by atoms with E-state index in [4.69, 9.17) is 25.0 Å². The van der Waals surface area contributed by atoms with Crippen LogP contribution >= 0.6 is 0 Å².